The minimum atomic E-state index is -0.331. The molecule has 0 unspecified atom stereocenters. The third-order valence-corrected chi connectivity index (χ3v) is 8.79. The molecule has 45 heavy (non-hydrogen) atoms. The van der Waals surface area contributed by atoms with Crippen LogP contribution in [0.2, 0.25) is 0 Å². The van der Waals surface area contributed by atoms with Crippen LogP contribution in [0.5, 0.6) is 0 Å². The number of hydrogen-bond donors (Lipinski definition) is 2. The monoisotopic (exact) mass is 849 g/mol. The molecule has 2 heterocycles. The number of para-hydroxylation sites is 2. The van der Waals surface area contributed by atoms with Crippen molar-refractivity contribution in [3.8, 4) is 0 Å². The summed E-state index contributed by atoms with van der Waals surface area (Å²) in [7, 11) is 0. The largest absolute Gasteiger partial charge is 0.857 e. The van der Waals surface area contributed by atoms with Crippen molar-refractivity contribution < 1.29 is 31.3 Å². The summed E-state index contributed by atoms with van der Waals surface area (Å²) in [6.07, 6.45) is 0. The van der Waals surface area contributed by atoms with Crippen molar-refractivity contribution in [3.63, 3.8) is 0 Å². The van der Waals surface area contributed by atoms with Gasteiger partial charge in [-0.2, -0.15) is 10.2 Å². The topological polar surface area (TPSA) is 120 Å². The Kier molecular flexibility index (Phi) is 13.0. The Morgan fingerprint density at radius 2 is 0.933 bits per heavy atom. The van der Waals surface area contributed by atoms with Gasteiger partial charge in [-0.3, -0.25) is 9.98 Å². The van der Waals surface area contributed by atoms with Gasteiger partial charge in [0.25, 0.3) is 0 Å². The van der Waals surface area contributed by atoms with Crippen LogP contribution in [-0.4, -0.2) is 31.9 Å². The zero-order valence-corrected chi connectivity index (χ0v) is 29.1. The molecule has 2 aliphatic rings. The summed E-state index contributed by atoms with van der Waals surface area (Å²) in [5, 5.41) is 32.0. The minimum absolute atomic E-state index is 0. The number of fused-ring (bicyclic) bond motifs is 2. The Morgan fingerprint density at radius 1 is 0.578 bits per heavy atom. The third kappa shape index (κ3) is 9.66. The molecular formula is C32H26N6O2PtS4. The van der Waals surface area contributed by atoms with E-state index in [2.05, 4.69) is 79.7 Å². The Labute approximate surface area is 294 Å². The van der Waals surface area contributed by atoms with Crippen LogP contribution in [-0.2, 0) is 57.0 Å². The first-order valence-electron chi connectivity index (χ1n) is 13.3. The van der Waals surface area contributed by atoms with Crippen molar-refractivity contribution in [1.82, 2.24) is 10.9 Å². The molecule has 8 nitrogen and oxygen atoms in total. The zero-order chi connectivity index (χ0) is 30.7. The SMILES string of the molecule is [O-]C1=Nc2ccccc2C1=NNC(=[SH+])SCc1ccccc1.[O-]C1=Nc2ccccc2C1=NNC(=[SH+])SCc1ccccc1.[Pt]. The molecule has 0 aromatic heterocycles. The second-order valence-electron chi connectivity index (χ2n) is 9.17. The molecule has 0 saturated carbocycles. The number of thiol groups is 2. The van der Waals surface area contributed by atoms with Gasteiger partial charge < -0.3 is 10.2 Å². The average molecular weight is 850 g/mol. The summed E-state index contributed by atoms with van der Waals surface area (Å²) >= 11 is 11.7. The first-order valence-corrected chi connectivity index (χ1v) is 16.2. The van der Waals surface area contributed by atoms with E-state index in [1.54, 1.807) is 12.1 Å². The van der Waals surface area contributed by atoms with Crippen molar-refractivity contribution >= 4 is 91.2 Å². The van der Waals surface area contributed by atoms with Crippen LogP contribution >= 0.6 is 23.5 Å². The second-order valence-corrected chi connectivity index (χ2v) is 12.6. The molecule has 0 atom stereocenters. The molecule has 0 radical (unpaired) electrons. The van der Waals surface area contributed by atoms with Crippen LogP contribution < -0.4 is 21.1 Å². The van der Waals surface area contributed by atoms with E-state index in [4.69, 9.17) is 0 Å². The van der Waals surface area contributed by atoms with Gasteiger partial charge >= 0.3 is 8.64 Å². The maximum Gasteiger partial charge on any atom is 0.343 e. The maximum atomic E-state index is 11.8. The van der Waals surface area contributed by atoms with Crippen LogP contribution in [0.15, 0.2) is 129 Å². The molecule has 13 heteroatoms. The molecular weight excluding hydrogens is 824 g/mol. The molecule has 2 aliphatic heterocycles. The van der Waals surface area contributed by atoms with E-state index in [0.717, 1.165) is 22.6 Å². The predicted molar refractivity (Wildman–Crippen MR) is 189 cm³/mol. The normalized spacial score (nSPS) is 14.2. The van der Waals surface area contributed by atoms with Gasteiger partial charge in [0.1, 0.15) is 11.4 Å². The Bertz CT molecular complexity index is 1650. The van der Waals surface area contributed by atoms with Crippen molar-refractivity contribution in [2.75, 3.05) is 0 Å². The zero-order valence-electron chi connectivity index (χ0n) is 23.4. The molecule has 0 fully saturated rings. The van der Waals surface area contributed by atoms with Gasteiger partial charge in [0.2, 0.25) is 0 Å². The van der Waals surface area contributed by atoms with Gasteiger partial charge in [-0.25, -0.2) is 10.9 Å². The Morgan fingerprint density at radius 3 is 1.33 bits per heavy atom. The van der Waals surface area contributed by atoms with E-state index in [1.165, 1.54) is 34.7 Å². The minimum Gasteiger partial charge on any atom is -0.857 e. The second kappa shape index (κ2) is 17.1. The van der Waals surface area contributed by atoms with Gasteiger partial charge in [-0.15, -0.1) is 0 Å². The van der Waals surface area contributed by atoms with Gasteiger partial charge in [-0.05, 0) is 46.8 Å². The van der Waals surface area contributed by atoms with Gasteiger partial charge in [0.05, 0.1) is 11.4 Å². The van der Waals surface area contributed by atoms with Crippen molar-refractivity contribution in [1.29, 1.82) is 0 Å². The van der Waals surface area contributed by atoms with E-state index in [1.807, 2.05) is 72.8 Å². The molecule has 2 N–H and O–H groups in total. The maximum absolute atomic E-state index is 11.8. The summed E-state index contributed by atoms with van der Waals surface area (Å²) in [4.78, 5) is 7.91. The molecule has 0 aliphatic carbocycles. The van der Waals surface area contributed by atoms with Crippen LogP contribution in [0.1, 0.15) is 22.3 Å². The molecule has 6 rings (SSSR count). The van der Waals surface area contributed by atoms with Crippen molar-refractivity contribution in [3.05, 3.63) is 131 Å². The summed E-state index contributed by atoms with van der Waals surface area (Å²) in [6.45, 7) is 0. The Hall–Kier alpha value is -3.67. The number of hydrogen-bond acceptors (Lipinski definition) is 8. The summed E-state index contributed by atoms with van der Waals surface area (Å²) < 4.78 is 1.27. The number of rotatable bonds is 6. The predicted octanol–water partition coefficient (Wildman–Crippen LogP) is 3.37. The van der Waals surface area contributed by atoms with Crippen LogP contribution in [0.25, 0.3) is 0 Å². The number of nitrogens with one attached hydrogen (secondary N) is 2. The first-order chi connectivity index (χ1) is 21.5. The number of aliphatic imine (C=N–C) groups is 2. The summed E-state index contributed by atoms with van der Waals surface area (Å²) in [5.41, 5.74) is 11.5. The smallest absolute Gasteiger partial charge is 0.343 e. The molecule has 230 valence electrons. The van der Waals surface area contributed by atoms with E-state index in [-0.39, 0.29) is 32.9 Å². The van der Waals surface area contributed by atoms with E-state index in [9.17, 15) is 10.2 Å². The fourth-order valence-corrected chi connectivity index (χ4v) is 5.74. The molecule has 0 spiro atoms. The fraction of sp³-hybridized carbons (Fsp3) is 0.0625. The number of thioether (sulfide) groups is 2. The third-order valence-electron chi connectivity index (χ3n) is 6.13. The number of benzene rings is 4. The fourth-order valence-electron chi connectivity index (χ4n) is 4.04. The van der Waals surface area contributed by atoms with Gasteiger partial charge in [0, 0.05) is 55.5 Å². The number of nitrogens with zero attached hydrogens (tertiary/aromatic N) is 4. The van der Waals surface area contributed by atoms with Crippen molar-refractivity contribution in [2.45, 2.75) is 11.5 Å². The van der Waals surface area contributed by atoms with Gasteiger partial charge in [0.15, 0.2) is 24.4 Å². The van der Waals surface area contributed by atoms with Crippen LogP contribution in [0.4, 0.5) is 11.4 Å². The van der Waals surface area contributed by atoms with E-state index >= 15 is 0 Å². The van der Waals surface area contributed by atoms with E-state index < -0.39 is 0 Å². The van der Waals surface area contributed by atoms with Crippen molar-refractivity contribution in [2.24, 2.45) is 20.2 Å². The molecule has 0 bridgehead atoms. The molecule has 0 saturated heterocycles. The molecule has 4 aromatic carbocycles. The Balaban J connectivity index is 0.000000200. The van der Waals surface area contributed by atoms with E-state index in [0.29, 0.717) is 31.4 Å². The molecule has 0 amide bonds. The van der Waals surface area contributed by atoms with Gasteiger partial charge in [-0.1, -0.05) is 97.1 Å². The summed E-state index contributed by atoms with van der Waals surface area (Å²) in [5.74, 6) is 0.907. The molecule has 4 aromatic rings. The summed E-state index contributed by atoms with van der Waals surface area (Å²) in [6, 6.07) is 34.8. The standard InChI is InChI=1S/2C16H13N3OS2.Pt/c2*20-15-14(12-8-4-5-9-13(12)17-15)18-19-16(21)22-10-11-6-2-1-3-7-11;/h2*1-9H,10H2,(H,19,21)(H,17,18,20);. The van der Waals surface area contributed by atoms with Crippen LogP contribution in [0, 0.1) is 0 Å². The number of hydrazone groups is 2. The average Bonchev–Trinajstić information content (AvgIpc) is 3.56. The van der Waals surface area contributed by atoms with Crippen LogP contribution in [0.3, 0.4) is 0 Å². The first kappa shape index (κ1) is 34.2. The quantitative estimate of drug-likeness (QED) is 0.133.